The maximum Gasteiger partial charge on any atom is 0.162 e. The summed E-state index contributed by atoms with van der Waals surface area (Å²) in [7, 11) is 0. The summed E-state index contributed by atoms with van der Waals surface area (Å²) in [5.41, 5.74) is 0.324. The van der Waals surface area contributed by atoms with Crippen molar-refractivity contribution >= 4 is 5.78 Å². The van der Waals surface area contributed by atoms with Gasteiger partial charge in [0.15, 0.2) is 5.78 Å². The van der Waals surface area contributed by atoms with Gasteiger partial charge < -0.3 is 15.3 Å². The molecule has 3 aliphatic carbocycles. The SMILES string of the molecule is C[C@@]1([C@H](O)CO)CC[C@]2(C)[C@H](CC[C@@]3(C)/C(=C/O)C(=O)CC[C@@H]23)C1. The molecule has 3 aliphatic rings. The van der Waals surface area contributed by atoms with Crippen LogP contribution in [0, 0.1) is 28.1 Å². The molecular weight excluding hydrogens is 304 g/mol. The van der Waals surface area contributed by atoms with Crippen LogP contribution >= 0.6 is 0 Å². The standard InChI is InChI=1S/C20H32O4/c1-18(17(24)12-22)8-9-19(2)13(10-18)6-7-20(3)14(11-21)15(23)4-5-16(19)20/h11,13,16-17,21-22,24H,4-10,12H2,1-3H3/b14-11+/t13-,16+,17-,18-,19-,20+/m1/s1. The monoisotopic (exact) mass is 336 g/mol. The number of Topliss-reactive ketones (excluding diaryl/α,β-unsaturated/α-hetero) is 1. The van der Waals surface area contributed by atoms with Gasteiger partial charge in [-0.25, -0.2) is 0 Å². The summed E-state index contributed by atoms with van der Waals surface area (Å²) < 4.78 is 0. The zero-order valence-corrected chi connectivity index (χ0v) is 15.2. The van der Waals surface area contributed by atoms with Crippen molar-refractivity contribution in [3.8, 4) is 0 Å². The van der Waals surface area contributed by atoms with E-state index in [9.17, 15) is 20.1 Å². The minimum atomic E-state index is -0.656. The molecule has 0 saturated heterocycles. The van der Waals surface area contributed by atoms with Crippen LogP contribution in [0.3, 0.4) is 0 Å². The zero-order valence-electron chi connectivity index (χ0n) is 15.2. The topological polar surface area (TPSA) is 77.8 Å². The van der Waals surface area contributed by atoms with Gasteiger partial charge in [-0.2, -0.15) is 0 Å². The Hall–Kier alpha value is -0.870. The van der Waals surface area contributed by atoms with Crippen LogP contribution in [-0.4, -0.2) is 33.8 Å². The number of carbonyl (C=O) groups is 1. The van der Waals surface area contributed by atoms with Gasteiger partial charge in [0.2, 0.25) is 0 Å². The molecule has 0 spiro atoms. The minimum Gasteiger partial charge on any atom is -0.515 e. The molecule has 3 saturated carbocycles. The Kier molecular flexibility index (Phi) is 4.37. The normalized spacial score (nSPS) is 48.7. The predicted molar refractivity (Wildman–Crippen MR) is 92.4 cm³/mol. The van der Waals surface area contributed by atoms with E-state index < -0.39 is 6.10 Å². The number of ketones is 1. The lowest BCUT2D eigenvalue weighted by molar-refractivity contribution is -0.144. The summed E-state index contributed by atoms with van der Waals surface area (Å²) >= 11 is 0. The van der Waals surface area contributed by atoms with Crippen molar-refractivity contribution < 1.29 is 20.1 Å². The van der Waals surface area contributed by atoms with Crippen molar-refractivity contribution in [3.63, 3.8) is 0 Å². The lowest BCUT2D eigenvalue weighted by Crippen LogP contribution is -2.56. The van der Waals surface area contributed by atoms with Crippen molar-refractivity contribution in [2.45, 2.75) is 71.8 Å². The van der Waals surface area contributed by atoms with E-state index in [0.29, 0.717) is 23.8 Å². The molecule has 0 aliphatic heterocycles. The highest BCUT2D eigenvalue weighted by Gasteiger charge is 2.60. The molecule has 3 N–H and O–H groups in total. The highest BCUT2D eigenvalue weighted by Crippen LogP contribution is 2.66. The summed E-state index contributed by atoms with van der Waals surface area (Å²) in [5, 5.41) is 29.4. The van der Waals surface area contributed by atoms with Crippen molar-refractivity contribution in [2.24, 2.45) is 28.1 Å². The molecule has 3 rings (SSSR count). The third-order valence-electron chi connectivity index (χ3n) is 8.14. The number of rotatable bonds is 2. The molecular formula is C20H32O4. The number of aliphatic hydroxyl groups excluding tert-OH is 3. The Labute approximate surface area is 145 Å². The maximum absolute atomic E-state index is 12.3. The molecule has 0 aromatic carbocycles. The fourth-order valence-corrected chi connectivity index (χ4v) is 6.37. The second kappa shape index (κ2) is 5.84. The third kappa shape index (κ3) is 2.37. The first-order valence-corrected chi connectivity index (χ1v) is 9.38. The lowest BCUT2D eigenvalue weighted by Gasteiger charge is -2.62. The minimum absolute atomic E-state index is 0.106. The molecule has 0 bridgehead atoms. The van der Waals surface area contributed by atoms with Crippen LogP contribution in [0.25, 0.3) is 0 Å². The van der Waals surface area contributed by atoms with E-state index in [-0.39, 0.29) is 28.6 Å². The number of hydrogen-bond donors (Lipinski definition) is 3. The molecule has 0 aromatic heterocycles. The average molecular weight is 336 g/mol. The lowest BCUT2D eigenvalue weighted by atomic mass is 9.42. The van der Waals surface area contributed by atoms with Gasteiger partial charge in [0, 0.05) is 17.4 Å². The first-order valence-electron chi connectivity index (χ1n) is 9.38. The van der Waals surface area contributed by atoms with Crippen molar-refractivity contribution in [1.82, 2.24) is 0 Å². The van der Waals surface area contributed by atoms with Crippen LogP contribution in [0.4, 0.5) is 0 Å². The van der Waals surface area contributed by atoms with Gasteiger partial charge in [0.05, 0.1) is 19.0 Å². The first kappa shape index (κ1) is 17.9. The third-order valence-corrected chi connectivity index (χ3v) is 8.14. The summed E-state index contributed by atoms with van der Waals surface area (Å²) in [5.74, 6) is 1.01. The summed E-state index contributed by atoms with van der Waals surface area (Å²) in [6, 6.07) is 0. The molecule has 3 fully saturated rings. The van der Waals surface area contributed by atoms with Crippen LogP contribution < -0.4 is 0 Å². The highest BCUT2D eigenvalue weighted by molar-refractivity contribution is 5.97. The van der Waals surface area contributed by atoms with E-state index in [1.54, 1.807) is 0 Å². The fourth-order valence-electron chi connectivity index (χ4n) is 6.37. The molecule has 0 heterocycles. The summed E-state index contributed by atoms with van der Waals surface area (Å²) in [4.78, 5) is 12.3. The van der Waals surface area contributed by atoms with Crippen molar-refractivity contribution in [2.75, 3.05) is 6.61 Å². The van der Waals surface area contributed by atoms with Gasteiger partial charge in [-0.1, -0.05) is 20.8 Å². The van der Waals surface area contributed by atoms with Gasteiger partial charge in [0.25, 0.3) is 0 Å². The van der Waals surface area contributed by atoms with E-state index >= 15 is 0 Å². The second-order valence-electron chi connectivity index (χ2n) is 9.27. The van der Waals surface area contributed by atoms with E-state index in [0.717, 1.165) is 44.8 Å². The number of allylic oxidation sites excluding steroid dienone is 1. The number of hydrogen-bond acceptors (Lipinski definition) is 4. The Morgan fingerprint density at radius 1 is 1.21 bits per heavy atom. The quantitative estimate of drug-likeness (QED) is 0.534. The number of carbonyl (C=O) groups excluding carboxylic acids is 1. The molecule has 4 heteroatoms. The van der Waals surface area contributed by atoms with Gasteiger partial charge >= 0.3 is 0 Å². The van der Waals surface area contributed by atoms with Crippen molar-refractivity contribution in [3.05, 3.63) is 11.8 Å². The summed E-state index contributed by atoms with van der Waals surface area (Å²) in [6.45, 7) is 6.45. The van der Waals surface area contributed by atoms with Gasteiger partial charge in [-0.15, -0.1) is 0 Å². The molecule has 24 heavy (non-hydrogen) atoms. The average Bonchev–Trinajstić information content (AvgIpc) is 2.55. The van der Waals surface area contributed by atoms with Crippen molar-refractivity contribution in [1.29, 1.82) is 0 Å². The Morgan fingerprint density at radius 3 is 2.54 bits per heavy atom. The zero-order chi connectivity index (χ0) is 17.8. The number of fused-ring (bicyclic) bond motifs is 3. The fraction of sp³-hybridized carbons (Fsp3) is 0.850. The highest BCUT2D eigenvalue weighted by atomic mass is 16.3. The maximum atomic E-state index is 12.3. The smallest absolute Gasteiger partial charge is 0.162 e. The predicted octanol–water partition coefficient (Wildman–Crippen LogP) is 3.37. The molecule has 136 valence electrons. The number of aliphatic hydroxyl groups is 3. The van der Waals surface area contributed by atoms with E-state index in [1.807, 2.05) is 0 Å². The second-order valence-corrected chi connectivity index (χ2v) is 9.27. The van der Waals surface area contributed by atoms with Gasteiger partial charge in [-0.05, 0) is 61.2 Å². The van der Waals surface area contributed by atoms with Crippen LogP contribution in [0.15, 0.2) is 11.8 Å². The van der Waals surface area contributed by atoms with E-state index in [4.69, 9.17) is 0 Å². The van der Waals surface area contributed by atoms with E-state index in [1.165, 1.54) is 0 Å². The largest absolute Gasteiger partial charge is 0.515 e. The Balaban J connectivity index is 1.92. The van der Waals surface area contributed by atoms with Crippen LogP contribution in [0.5, 0.6) is 0 Å². The Morgan fingerprint density at radius 2 is 1.92 bits per heavy atom. The van der Waals surface area contributed by atoms with Gasteiger partial charge in [0.1, 0.15) is 0 Å². The molecule has 4 nitrogen and oxygen atoms in total. The van der Waals surface area contributed by atoms with E-state index in [2.05, 4.69) is 20.8 Å². The molecule has 0 radical (unpaired) electrons. The summed E-state index contributed by atoms with van der Waals surface area (Å²) in [6.07, 6.45) is 6.63. The Bertz CT molecular complexity index is 556. The van der Waals surface area contributed by atoms with Crippen LogP contribution in [0.1, 0.15) is 65.7 Å². The molecule has 0 unspecified atom stereocenters. The molecule has 0 aromatic rings. The molecule has 6 atom stereocenters. The molecule has 0 amide bonds. The van der Waals surface area contributed by atoms with Crippen LogP contribution in [-0.2, 0) is 4.79 Å². The van der Waals surface area contributed by atoms with Crippen LogP contribution in [0.2, 0.25) is 0 Å². The first-order chi connectivity index (χ1) is 11.2. The van der Waals surface area contributed by atoms with Gasteiger partial charge in [-0.3, -0.25) is 4.79 Å².